The number of nitrogens with two attached hydrogens (primary N) is 1. The van der Waals surface area contributed by atoms with E-state index in [9.17, 15) is 18.7 Å². The normalized spacial score (nSPS) is 21.5. The number of anilines is 3. The third-order valence-corrected chi connectivity index (χ3v) is 5.65. The summed E-state index contributed by atoms with van der Waals surface area (Å²) in [4.78, 5) is 24.5. The van der Waals surface area contributed by atoms with Gasteiger partial charge in [0.05, 0.1) is 12.2 Å². The van der Waals surface area contributed by atoms with E-state index in [2.05, 4.69) is 15.3 Å². The maximum atomic E-state index is 14.4. The molecule has 1 aromatic carbocycles. The number of nitrogens with one attached hydrogen (secondary N) is 1. The van der Waals surface area contributed by atoms with Gasteiger partial charge in [0.25, 0.3) is 0 Å². The third-order valence-electron chi connectivity index (χ3n) is 5.65. The molecule has 0 unspecified atom stereocenters. The number of hydrogen-bond donors (Lipinski definition) is 3. The van der Waals surface area contributed by atoms with Gasteiger partial charge in [-0.1, -0.05) is 0 Å². The fourth-order valence-corrected chi connectivity index (χ4v) is 3.94. The summed E-state index contributed by atoms with van der Waals surface area (Å²) in [6.07, 6.45) is 5.33. The zero-order valence-corrected chi connectivity index (χ0v) is 16.6. The molecule has 2 aromatic rings. The Hall–Kier alpha value is -3.01. The minimum Gasteiger partial charge on any atom is -0.503 e. The second-order valence-electron chi connectivity index (χ2n) is 7.64. The standard InChI is InChI=1S/C20H24F2N6O2/c1-2-27-18-11(9-24-19(26-18)25-13-5-3-12(23)4-6-13)10-28(20(27)30)15-8-7-14(21)17(29)16(15)22/h7-9,12-13,29H,2-6,10,23H2,1H3,(H,24,25,26). The van der Waals surface area contributed by atoms with Crippen LogP contribution in [0.4, 0.5) is 31.0 Å². The number of aromatic hydroxyl groups is 1. The first-order chi connectivity index (χ1) is 14.4. The third kappa shape index (κ3) is 3.62. The highest BCUT2D eigenvalue weighted by atomic mass is 19.1. The van der Waals surface area contributed by atoms with Crippen LogP contribution in [0.1, 0.15) is 38.2 Å². The van der Waals surface area contributed by atoms with Crippen molar-refractivity contribution in [1.82, 2.24) is 9.97 Å². The number of phenols is 1. The quantitative estimate of drug-likeness (QED) is 0.704. The van der Waals surface area contributed by atoms with Crippen molar-refractivity contribution in [3.63, 3.8) is 0 Å². The Bertz CT molecular complexity index is 965. The highest BCUT2D eigenvalue weighted by molar-refractivity contribution is 6.05. The number of amides is 2. The van der Waals surface area contributed by atoms with Crippen LogP contribution in [0.3, 0.4) is 0 Å². The fraction of sp³-hybridized carbons (Fsp3) is 0.450. The van der Waals surface area contributed by atoms with Gasteiger partial charge in [0.1, 0.15) is 5.82 Å². The number of carbonyl (C=O) groups excluding carboxylic acids is 1. The van der Waals surface area contributed by atoms with Crippen molar-refractivity contribution >= 4 is 23.5 Å². The van der Waals surface area contributed by atoms with E-state index in [1.807, 2.05) is 0 Å². The van der Waals surface area contributed by atoms with Gasteiger partial charge in [-0.15, -0.1) is 0 Å². The second kappa shape index (κ2) is 8.02. The van der Waals surface area contributed by atoms with Gasteiger partial charge in [-0.25, -0.2) is 18.6 Å². The molecule has 0 atom stereocenters. The molecule has 10 heteroatoms. The Balaban J connectivity index is 1.62. The predicted octanol–water partition coefficient (Wildman–Crippen LogP) is 3.11. The molecule has 0 radical (unpaired) electrons. The number of rotatable bonds is 4. The van der Waals surface area contributed by atoms with Gasteiger partial charge in [0.15, 0.2) is 17.4 Å². The first-order valence-electron chi connectivity index (χ1n) is 10.0. The van der Waals surface area contributed by atoms with E-state index < -0.39 is 23.4 Å². The number of benzene rings is 1. The van der Waals surface area contributed by atoms with E-state index in [1.165, 1.54) is 4.90 Å². The van der Waals surface area contributed by atoms with E-state index in [0.29, 0.717) is 23.9 Å². The van der Waals surface area contributed by atoms with Crippen molar-refractivity contribution < 1.29 is 18.7 Å². The van der Waals surface area contributed by atoms with E-state index in [-0.39, 0.29) is 24.3 Å². The lowest BCUT2D eigenvalue weighted by Gasteiger charge is -2.36. The van der Waals surface area contributed by atoms with Gasteiger partial charge < -0.3 is 16.2 Å². The predicted molar refractivity (Wildman–Crippen MR) is 109 cm³/mol. The van der Waals surface area contributed by atoms with Crippen LogP contribution in [0.15, 0.2) is 18.3 Å². The summed E-state index contributed by atoms with van der Waals surface area (Å²) >= 11 is 0. The van der Waals surface area contributed by atoms with E-state index in [0.717, 1.165) is 42.7 Å². The number of phenolic OH excluding ortho intramolecular Hbond substituents is 1. The molecular formula is C20H24F2N6O2. The molecule has 30 heavy (non-hydrogen) atoms. The number of halogens is 2. The van der Waals surface area contributed by atoms with Crippen LogP contribution in [-0.2, 0) is 6.54 Å². The molecule has 1 aromatic heterocycles. The Labute approximate surface area is 172 Å². The highest BCUT2D eigenvalue weighted by Gasteiger charge is 2.34. The molecule has 0 bridgehead atoms. The molecule has 1 saturated carbocycles. The van der Waals surface area contributed by atoms with Crippen molar-refractivity contribution in [2.75, 3.05) is 21.7 Å². The summed E-state index contributed by atoms with van der Waals surface area (Å²) in [5, 5.41) is 12.9. The molecule has 4 rings (SSSR count). The maximum Gasteiger partial charge on any atom is 0.330 e. The van der Waals surface area contributed by atoms with Crippen molar-refractivity contribution in [3.8, 4) is 5.75 Å². The Morgan fingerprint density at radius 3 is 2.70 bits per heavy atom. The lowest BCUT2D eigenvalue weighted by atomic mass is 9.92. The molecule has 1 aliphatic carbocycles. The monoisotopic (exact) mass is 418 g/mol. The number of fused-ring (bicyclic) bond motifs is 1. The minimum atomic E-state index is -1.18. The van der Waals surface area contributed by atoms with E-state index in [1.54, 1.807) is 13.1 Å². The zero-order valence-electron chi connectivity index (χ0n) is 16.6. The summed E-state index contributed by atoms with van der Waals surface area (Å²) < 4.78 is 27.9. The smallest absolute Gasteiger partial charge is 0.330 e. The lowest BCUT2D eigenvalue weighted by Crippen LogP contribution is -2.48. The van der Waals surface area contributed by atoms with Gasteiger partial charge in [-0.3, -0.25) is 9.80 Å². The summed E-state index contributed by atoms with van der Waals surface area (Å²) in [5.74, 6) is -2.50. The van der Waals surface area contributed by atoms with E-state index in [4.69, 9.17) is 5.73 Å². The molecule has 4 N–H and O–H groups in total. The van der Waals surface area contributed by atoms with Crippen LogP contribution in [0.5, 0.6) is 5.75 Å². The number of urea groups is 1. The Morgan fingerprint density at radius 1 is 1.27 bits per heavy atom. The van der Waals surface area contributed by atoms with Crippen molar-refractivity contribution in [1.29, 1.82) is 0 Å². The molecule has 2 heterocycles. The summed E-state index contributed by atoms with van der Waals surface area (Å²) in [6, 6.07) is 2.00. The average Bonchev–Trinajstić information content (AvgIpc) is 2.74. The Morgan fingerprint density at radius 2 is 2.00 bits per heavy atom. The average molecular weight is 418 g/mol. The lowest BCUT2D eigenvalue weighted by molar-refractivity contribution is 0.250. The van der Waals surface area contributed by atoms with Crippen LogP contribution < -0.4 is 20.9 Å². The zero-order chi connectivity index (χ0) is 21.4. The molecule has 1 aliphatic heterocycles. The number of nitrogens with zero attached hydrogens (tertiary/aromatic N) is 4. The van der Waals surface area contributed by atoms with Crippen molar-refractivity contribution in [2.24, 2.45) is 5.73 Å². The van der Waals surface area contributed by atoms with Gasteiger partial charge >= 0.3 is 6.03 Å². The van der Waals surface area contributed by atoms with Crippen LogP contribution >= 0.6 is 0 Å². The Kier molecular flexibility index (Phi) is 5.42. The molecule has 8 nitrogen and oxygen atoms in total. The largest absolute Gasteiger partial charge is 0.503 e. The van der Waals surface area contributed by atoms with Crippen LogP contribution in [-0.4, -0.2) is 39.7 Å². The molecule has 0 spiro atoms. The summed E-state index contributed by atoms with van der Waals surface area (Å²) in [5.41, 5.74) is 6.37. The van der Waals surface area contributed by atoms with Crippen LogP contribution in [0, 0.1) is 11.6 Å². The van der Waals surface area contributed by atoms with Gasteiger partial charge in [0, 0.05) is 30.4 Å². The second-order valence-corrected chi connectivity index (χ2v) is 7.64. The minimum absolute atomic E-state index is 0.00518. The number of aromatic nitrogens is 2. The SMILES string of the molecule is CCN1C(=O)N(c2ccc(F)c(O)c2F)Cc2cnc(NC3CCC(N)CC3)nc21. The summed E-state index contributed by atoms with van der Waals surface area (Å²) in [7, 11) is 0. The molecule has 2 amide bonds. The first kappa shape index (κ1) is 20.3. The molecule has 0 saturated heterocycles. The fourth-order valence-electron chi connectivity index (χ4n) is 3.94. The van der Waals surface area contributed by atoms with Crippen molar-refractivity contribution in [3.05, 3.63) is 35.5 Å². The van der Waals surface area contributed by atoms with Crippen LogP contribution in [0.25, 0.3) is 0 Å². The highest BCUT2D eigenvalue weighted by Crippen LogP contribution is 2.35. The molecule has 160 valence electrons. The summed E-state index contributed by atoms with van der Waals surface area (Å²) in [6.45, 7) is 2.08. The first-order valence-corrected chi connectivity index (χ1v) is 10.0. The van der Waals surface area contributed by atoms with Crippen molar-refractivity contribution in [2.45, 2.75) is 51.2 Å². The van der Waals surface area contributed by atoms with Gasteiger partial charge in [-0.05, 0) is 44.7 Å². The van der Waals surface area contributed by atoms with Crippen LogP contribution in [0.2, 0.25) is 0 Å². The molecule has 1 fully saturated rings. The van der Waals surface area contributed by atoms with E-state index >= 15 is 0 Å². The maximum absolute atomic E-state index is 14.4. The molecule has 2 aliphatic rings. The molecular weight excluding hydrogens is 394 g/mol. The topological polar surface area (TPSA) is 108 Å². The number of carbonyl (C=O) groups is 1. The van der Waals surface area contributed by atoms with Gasteiger partial charge in [-0.2, -0.15) is 4.98 Å². The van der Waals surface area contributed by atoms with Gasteiger partial charge in [0.2, 0.25) is 5.95 Å². The number of hydrogen-bond acceptors (Lipinski definition) is 6.